The number of rotatable bonds is 6. The number of urea groups is 1. The van der Waals surface area contributed by atoms with Crippen LogP contribution in [-0.4, -0.2) is 25.2 Å². The fourth-order valence-electron chi connectivity index (χ4n) is 1.58. The normalized spacial score (nSPS) is 11.8. The highest BCUT2D eigenvalue weighted by Crippen LogP contribution is 2.20. The summed E-state index contributed by atoms with van der Waals surface area (Å²) in [4.78, 5) is 11.5. The second-order valence-corrected chi connectivity index (χ2v) is 4.76. The molecule has 1 unspecified atom stereocenters. The van der Waals surface area contributed by atoms with E-state index in [1.807, 2.05) is 32.9 Å². The molecule has 19 heavy (non-hydrogen) atoms. The first kappa shape index (κ1) is 15.3. The van der Waals surface area contributed by atoms with Gasteiger partial charge in [-0.2, -0.15) is 0 Å². The van der Waals surface area contributed by atoms with Gasteiger partial charge in [-0.1, -0.05) is 19.1 Å². The van der Waals surface area contributed by atoms with Gasteiger partial charge >= 0.3 is 6.03 Å². The topological polar surface area (TPSA) is 50.4 Å². The highest BCUT2D eigenvalue weighted by Gasteiger charge is 2.05. The Bertz CT molecular complexity index is 419. The SMILES string of the molecule is CCC(C)NC(=O)NCCOc1cccc(C)c1C. The predicted octanol–water partition coefficient (Wildman–Crippen LogP) is 2.78. The number of hydrogen-bond acceptors (Lipinski definition) is 2. The first-order chi connectivity index (χ1) is 9.04. The molecule has 0 spiro atoms. The molecule has 2 N–H and O–H groups in total. The Morgan fingerprint density at radius 1 is 1.37 bits per heavy atom. The summed E-state index contributed by atoms with van der Waals surface area (Å²) < 4.78 is 5.66. The van der Waals surface area contributed by atoms with Crippen molar-refractivity contribution in [2.75, 3.05) is 13.2 Å². The second kappa shape index (κ2) is 7.67. The van der Waals surface area contributed by atoms with Gasteiger partial charge in [0.1, 0.15) is 12.4 Å². The number of aryl methyl sites for hydroxylation is 1. The van der Waals surface area contributed by atoms with Crippen molar-refractivity contribution < 1.29 is 9.53 Å². The van der Waals surface area contributed by atoms with E-state index in [9.17, 15) is 4.79 Å². The van der Waals surface area contributed by atoms with E-state index in [1.54, 1.807) is 0 Å². The summed E-state index contributed by atoms with van der Waals surface area (Å²) in [7, 11) is 0. The van der Waals surface area contributed by atoms with Crippen molar-refractivity contribution in [3.63, 3.8) is 0 Å². The molecule has 0 bridgehead atoms. The van der Waals surface area contributed by atoms with Crippen LogP contribution < -0.4 is 15.4 Å². The van der Waals surface area contributed by atoms with E-state index < -0.39 is 0 Å². The Morgan fingerprint density at radius 3 is 2.79 bits per heavy atom. The summed E-state index contributed by atoms with van der Waals surface area (Å²) >= 11 is 0. The number of carbonyl (C=O) groups excluding carboxylic acids is 1. The minimum absolute atomic E-state index is 0.140. The maximum Gasteiger partial charge on any atom is 0.315 e. The minimum atomic E-state index is -0.140. The number of hydrogen-bond donors (Lipinski definition) is 2. The Balaban J connectivity index is 2.27. The van der Waals surface area contributed by atoms with E-state index in [2.05, 4.69) is 23.6 Å². The molecular weight excluding hydrogens is 240 g/mol. The summed E-state index contributed by atoms with van der Waals surface area (Å²) in [5.74, 6) is 0.879. The molecule has 1 aromatic rings. The van der Waals surface area contributed by atoms with Crippen LogP contribution in [0.15, 0.2) is 18.2 Å². The van der Waals surface area contributed by atoms with Gasteiger partial charge < -0.3 is 15.4 Å². The Hall–Kier alpha value is -1.71. The lowest BCUT2D eigenvalue weighted by atomic mass is 10.1. The standard InChI is InChI=1S/C15H24N2O2/c1-5-12(3)17-15(18)16-9-10-19-14-8-6-7-11(2)13(14)4/h6-8,12H,5,9-10H2,1-4H3,(H2,16,17,18). The molecule has 0 aliphatic carbocycles. The molecule has 0 saturated carbocycles. The molecule has 106 valence electrons. The third-order valence-electron chi connectivity index (χ3n) is 3.19. The average Bonchev–Trinajstić information content (AvgIpc) is 2.39. The molecule has 4 heteroatoms. The molecule has 0 heterocycles. The van der Waals surface area contributed by atoms with Crippen LogP contribution in [0.1, 0.15) is 31.4 Å². The van der Waals surface area contributed by atoms with Crippen molar-refractivity contribution in [2.45, 2.75) is 40.2 Å². The van der Waals surface area contributed by atoms with Crippen molar-refractivity contribution in [3.8, 4) is 5.75 Å². The van der Waals surface area contributed by atoms with E-state index >= 15 is 0 Å². The lowest BCUT2D eigenvalue weighted by Crippen LogP contribution is -2.41. The molecule has 0 aromatic heterocycles. The fraction of sp³-hybridized carbons (Fsp3) is 0.533. The van der Waals surface area contributed by atoms with Gasteiger partial charge in [-0.15, -0.1) is 0 Å². The molecule has 1 atom stereocenters. The maximum atomic E-state index is 11.5. The van der Waals surface area contributed by atoms with E-state index in [-0.39, 0.29) is 12.1 Å². The van der Waals surface area contributed by atoms with Gasteiger partial charge in [-0.25, -0.2) is 4.79 Å². The molecule has 0 fully saturated rings. The van der Waals surface area contributed by atoms with Gasteiger partial charge in [0.05, 0.1) is 6.54 Å². The largest absolute Gasteiger partial charge is 0.491 e. The van der Waals surface area contributed by atoms with Crippen LogP contribution in [0.2, 0.25) is 0 Å². The lowest BCUT2D eigenvalue weighted by Gasteiger charge is -2.14. The van der Waals surface area contributed by atoms with Crippen LogP contribution in [0.4, 0.5) is 4.79 Å². The Morgan fingerprint density at radius 2 is 2.11 bits per heavy atom. The number of benzene rings is 1. The van der Waals surface area contributed by atoms with Crippen LogP contribution in [0.5, 0.6) is 5.75 Å². The zero-order valence-corrected chi connectivity index (χ0v) is 12.2. The lowest BCUT2D eigenvalue weighted by molar-refractivity contribution is 0.233. The van der Waals surface area contributed by atoms with E-state index in [1.165, 1.54) is 5.56 Å². The van der Waals surface area contributed by atoms with Gasteiger partial charge in [0.2, 0.25) is 0 Å². The predicted molar refractivity (Wildman–Crippen MR) is 77.7 cm³/mol. The summed E-state index contributed by atoms with van der Waals surface area (Å²) in [6, 6.07) is 6.03. The summed E-state index contributed by atoms with van der Waals surface area (Å²) in [5, 5.41) is 5.62. The highest BCUT2D eigenvalue weighted by molar-refractivity contribution is 5.74. The first-order valence-electron chi connectivity index (χ1n) is 6.78. The number of carbonyl (C=O) groups is 1. The molecule has 0 radical (unpaired) electrons. The minimum Gasteiger partial charge on any atom is -0.491 e. The van der Waals surface area contributed by atoms with Crippen LogP contribution in [0.3, 0.4) is 0 Å². The van der Waals surface area contributed by atoms with Gasteiger partial charge in [-0.05, 0) is 44.4 Å². The molecule has 1 aromatic carbocycles. The van der Waals surface area contributed by atoms with E-state index in [0.717, 1.165) is 17.7 Å². The van der Waals surface area contributed by atoms with Crippen molar-refractivity contribution in [2.24, 2.45) is 0 Å². The number of nitrogens with one attached hydrogen (secondary N) is 2. The van der Waals surface area contributed by atoms with E-state index in [4.69, 9.17) is 4.74 Å². The van der Waals surface area contributed by atoms with Gasteiger partial charge in [0, 0.05) is 6.04 Å². The van der Waals surface area contributed by atoms with Crippen LogP contribution in [0.25, 0.3) is 0 Å². The van der Waals surface area contributed by atoms with E-state index in [0.29, 0.717) is 13.2 Å². The Kier molecular flexibility index (Phi) is 6.19. The molecule has 0 saturated heterocycles. The zero-order valence-electron chi connectivity index (χ0n) is 12.2. The second-order valence-electron chi connectivity index (χ2n) is 4.76. The van der Waals surface area contributed by atoms with Crippen molar-refractivity contribution in [1.29, 1.82) is 0 Å². The molecular formula is C15H24N2O2. The third-order valence-corrected chi connectivity index (χ3v) is 3.19. The highest BCUT2D eigenvalue weighted by atomic mass is 16.5. The van der Waals surface area contributed by atoms with Crippen LogP contribution in [-0.2, 0) is 0 Å². The zero-order chi connectivity index (χ0) is 14.3. The van der Waals surface area contributed by atoms with Crippen molar-refractivity contribution in [1.82, 2.24) is 10.6 Å². The molecule has 4 nitrogen and oxygen atoms in total. The molecule has 0 aliphatic rings. The molecule has 1 rings (SSSR count). The maximum absolute atomic E-state index is 11.5. The van der Waals surface area contributed by atoms with Crippen molar-refractivity contribution in [3.05, 3.63) is 29.3 Å². The van der Waals surface area contributed by atoms with Crippen LogP contribution >= 0.6 is 0 Å². The van der Waals surface area contributed by atoms with Gasteiger partial charge in [0.15, 0.2) is 0 Å². The Labute approximate surface area is 115 Å². The molecule has 2 amide bonds. The monoisotopic (exact) mass is 264 g/mol. The molecule has 0 aliphatic heterocycles. The third kappa shape index (κ3) is 5.20. The first-order valence-corrected chi connectivity index (χ1v) is 6.78. The number of amides is 2. The van der Waals surface area contributed by atoms with Crippen LogP contribution in [0, 0.1) is 13.8 Å². The summed E-state index contributed by atoms with van der Waals surface area (Å²) in [5.41, 5.74) is 2.35. The fourth-order valence-corrected chi connectivity index (χ4v) is 1.58. The number of ether oxygens (including phenoxy) is 1. The van der Waals surface area contributed by atoms with Gasteiger partial charge in [0.25, 0.3) is 0 Å². The smallest absolute Gasteiger partial charge is 0.315 e. The quantitative estimate of drug-likeness (QED) is 0.776. The average molecular weight is 264 g/mol. The van der Waals surface area contributed by atoms with Gasteiger partial charge in [-0.3, -0.25) is 0 Å². The van der Waals surface area contributed by atoms with Crippen molar-refractivity contribution >= 4 is 6.03 Å². The summed E-state index contributed by atoms with van der Waals surface area (Å²) in [6.45, 7) is 9.07. The summed E-state index contributed by atoms with van der Waals surface area (Å²) in [6.07, 6.45) is 0.923.